The zero-order chi connectivity index (χ0) is 15.4. The van der Waals surface area contributed by atoms with Crippen molar-refractivity contribution >= 4 is 5.91 Å². The fourth-order valence-electron chi connectivity index (χ4n) is 6.34. The van der Waals surface area contributed by atoms with Crippen LogP contribution in [0.3, 0.4) is 0 Å². The minimum absolute atomic E-state index is 0.111. The van der Waals surface area contributed by atoms with E-state index in [2.05, 4.69) is 34.9 Å². The summed E-state index contributed by atoms with van der Waals surface area (Å²) in [6.07, 6.45) is 8.94. The van der Waals surface area contributed by atoms with Gasteiger partial charge in [0.25, 0.3) is 0 Å². The van der Waals surface area contributed by atoms with E-state index in [0.717, 1.165) is 30.7 Å². The number of fused-ring (bicyclic) bond motifs is 1. The highest BCUT2D eigenvalue weighted by atomic mass is 16.2. The van der Waals surface area contributed by atoms with Gasteiger partial charge in [-0.05, 0) is 73.8 Å². The Labute approximate surface area is 138 Å². The molecule has 0 radical (unpaired) electrons. The van der Waals surface area contributed by atoms with Crippen molar-refractivity contribution in [1.29, 1.82) is 0 Å². The van der Waals surface area contributed by atoms with E-state index in [1.54, 1.807) is 0 Å². The molecule has 5 aliphatic rings. The van der Waals surface area contributed by atoms with Gasteiger partial charge < -0.3 is 10.6 Å². The smallest absolute Gasteiger partial charge is 0.242 e. The SMILES string of the molecule is O=C(NC12CC3CC(CC(C3)C1)C2)C1NCCc2ccccc21. The molecule has 1 aromatic rings. The van der Waals surface area contributed by atoms with Crippen LogP contribution in [0.25, 0.3) is 0 Å². The summed E-state index contributed by atoms with van der Waals surface area (Å²) < 4.78 is 0. The lowest BCUT2D eigenvalue weighted by molar-refractivity contribution is -0.129. The van der Waals surface area contributed by atoms with E-state index in [9.17, 15) is 4.79 Å². The molecule has 1 aliphatic heterocycles. The van der Waals surface area contributed by atoms with Crippen molar-refractivity contribution in [1.82, 2.24) is 10.6 Å². The molecular formula is C20H26N2O. The topological polar surface area (TPSA) is 41.1 Å². The van der Waals surface area contributed by atoms with Crippen LogP contribution in [0.1, 0.15) is 55.7 Å². The maximum atomic E-state index is 13.1. The molecular weight excluding hydrogens is 284 g/mol. The standard InChI is InChI=1S/C20H26N2O/c23-19(18-17-4-2-1-3-16(17)5-6-21-18)22-20-10-13-7-14(11-20)9-15(8-13)12-20/h1-4,13-15,18,21H,5-12H2,(H,22,23). The molecule has 4 fully saturated rings. The second kappa shape index (κ2) is 5.07. The van der Waals surface area contributed by atoms with Crippen molar-refractivity contribution in [2.45, 2.75) is 56.5 Å². The van der Waals surface area contributed by atoms with Crippen molar-refractivity contribution in [2.24, 2.45) is 17.8 Å². The zero-order valence-corrected chi connectivity index (χ0v) is 13.7. The maximum absolute atomic E-state index is 13.1. The summed E-state index contributed by atoms with van der Waals surface area (Å²) in [5.74, 6) is 2.81. The Morgan fingerprint density at radius 1 is 1.04 bits per heavy atom. The van der Waals surface area contributed by atoms with Crippen LogP contribution in [-0.4, -0.2) is 18.0 Å². The van der Waals surface area contributed by atoms with E-state index >= 15 is 0 Å². The molecule has 4 saturated carbocycles. The summed E-state index contributed by atoms with van der Waals surface area (Å²) in [7, 11) is 0. The highest BCUT2D eigenvalue weighted by molar-refractivity contribution is 5.84. The summed E-state index contributed by atoms with van der Waals surface area (Å²) in [4.78, 5) is 13.1. The monoisotopic (exact) mass is 310 g/mol. The molecule has 1 unspecified atom stereocenters. The van der Waals surface area contributed by atoms with Gasteiger partial charge in [0.05, 0.1) is 0 Å². The number of hydrogen-bond donors (Lipinski definition) is 2. The lowest BCUT2D eigenvalue weighted by Crippen LogP contribution is -2.61. The number of amides is 1. The second-order valence-electron chi connectivity index (χ2n) is 8.52. The number of benzene rings is 1. The molecule has 6 rings (SSSR count). The maximum Gasteiger partial charge on any atom is 0.242 e. The van der Waals surface area contributed by atoms with Crippen LogP contribution < -0.4 is 10.6 Å². The first kappa shape index (κ1) is 14.0. The van der Waals surface area contributed by atoms with E-state index in [1.807, 2.05) is 0 Å². The Balaban J connectivity index is 1.38. The highest BCUT2D eigenvalue weighted by Gasteiger charge is 2.52. The molecule has 4 bridgehead atoms. The molecule has 1 aromatic carbocycles. The first-order valence-corrected chi connectivity index (χ1v) is 9.34. The Kier molecular flexibility index (Phi) is 3.09. The third kappa shape index (κ3) is 2.32. The highest BCUT2D eigenvalue weighted by Crippen LogP contribution is 2.55. The van der Waals surface area contributed by atoms with Gasteiger partial charge in [0, 0.05) is 12.1 Å². The van der Waals surface area contributed by atoms with Crippen LogP contribution >= 0.6 is 0 Å². The Hall–Kier alpha value is -1.35. The van der Waals surface area contributed by atoms with Crippen molar-refractivity contribution in [3.8, 4) is 0 Å². The molecule has 0 aromatic heterocycles. The van der Waals surface area contributed by atoms with E-state index < -0.39 is 0 Å². The van der Waals surface area contributed by atoms with Crippen LogP contribution in [0.15, 0.2) is 24.3 Å². The number of nitrogens with one attached hydrogen (secondary N) is 2. The van der Waals surface area contributed by atoms with Crippen LogP contribution in [0, 0.1) is 17.8 Å². The summed E-state index contributed by atoms with van der Waals surface area (Å²) >= 11 is 0. The third-order valence-corrected chi connectivity index (χ3v) is 6.80. The van der Waals surface area contributed by atoms with Crippen LogP contribution in [0.5, 0.6) is 0 Å². The average molecular weight is 310 g/mol. The molecule has 1 heterocycles. The molecule has 23 heavy (non-hydrogen) atoms. The molecule has 1 amide bonds. The van der Waals surface area contributed by atoms with Crippen molar-refractivity contribution in [3.05, 3.63) is 35.4 Å². The van der Waals surface area contributed by atoms with Gasteiger partial charge in [-0.3, -0.25) is 4.79 Å². The lowest BCUT2D eigenvalue weighted by Gasteiger charge is -2.57. The van der Waals surface area contributed by atoms with E-state index in [4.69, 9.17) is 0 Å². The lowest BCUT2D eigenvalue weighted by atomic mass is 9.53. The first-order valence-electron chi connectivity index (χ1n) is 9.34. The van der Waals surface area contributed by atoms with Gasteiger partial charge in [0.2, 0.25) is 5.91 Å². The average Bonchev–Trinajstić information content (AvgIpc) is 2.52. The fraction of sp³-hybridized carbons (Fsp3) is 0.650. The molecule has 1 atom stereocenters. The summed E-state index contributed by atoms with van der Waals surface area (Å²) in [6.45, 7) is 0.899. The van der Waals surface area contributed by atoms with E-state index in [1.165, 1.54) is 49.7 Å². The summed E-state index contributed by atoms with van der Waals surface area (Å²) in [5, 5.41) is 6.98. The third-order valence-electron chi connectivity index (χ3n) is 6.80. The number of carbonyl (C=O) groups is 1. The Bertz CT molecular complexity index is 603. The quantitative estimate of drug-likeness (QED) is 0.882. The minimum Gasteiger partial charge on any atom is -0.349 e. The zero-order valence-electron chi connectivity index (χ0n) is 13.7. The predicted molar refractivity (Wildman–Crippen MR) is 89.9 cm³/mol. The fourth-order valence-corrected chi connectivity index (χ4v) is 6.34. The number of rotatable bonds is 2. The number of hydrogen-bond acceptors (Lipinski definition) is 2. The number of carbonyl (C=O) groups excluding carboxylic acids is 1. The summed E-state index contributed by atoms with van der Waals surface area (Å²) in [5.41, 5.74) is 2.62. The summed E-state index contributed by atoms with van der Waals surface area (Å²) in [6, 6.07) is 8.26. The van der Waals surface area contributed by atoms with E-state index in [0.29, 0.717) is 0 Å². The molecule has 3 heteroatoms. The van der Waals surface area contributed by atoms with Crippen molar-refractivity contribution in [2.75, 3.05) is 6.54 Å². The van der Waals surface area contributed by atoms with Gasteiger partial charge in [-0.2, -0.15) is 0 Å². The van der Waals surface area contributed by atoms with Crippen LogP contribution in [0.4, 0.5) is 0 Å². The predicted octanol–water partition coefficient (Wildman–Crippen LogP) is 2.96. The molecule has 0 spiro atoms. The molecule has 4 aliphatic carbocycles. The van der Waals surface area contributed by atoms with Crippen LogP contribution in [0.2, 0.25) is 0 Å². The van der Waals surface area contributed by atoms with Crippen molar-refractivity contribution in [3.63, 3.8) is 0 Å². The second-order valence-corrected chi connectivity index (χ2v) is 8.52. The van der Waals surface area contributed by atoms with E-state index in [-0.39, 0.29) is 17.5 Å². The van der Waals surface area contributed by atoms with Gasteiger partial charge in [0.15, 0.2) is 0 Å². The molecule has 0 saturated heterocycles. The van der Waals surface area contributed by atoms with Gasteiger partial charge in [-0.1, -0.05) is 24.3 Å². The van der Waals surface area contributed by atoms with Gasteiger partial charge in [0.1, 0.15) is 6.04 Å². The molecule has 3 nitrogen and oxygen atoms in total. The largest absolute Gasteiger partial charge is 0.349 e. The Morgan fingerprint density at radius 3 is 2.39 bits per heavy atom. The normalized spacial score (nSPS) is 40.7. The minimum atomic E-state index is -0.159. The molecule has 122 valence electrons. The molecule has 2 N–H and O–H groups in total. The van der Waals surface area contributed by atoms with Gasteiger partial charge >= 0.3 is 0 Å². The van der Waals surface area contributed by atoms with Gasteiger partial charge in [-0.25, -0.2) is 0 Å². The Morgan fingerprint density at radius 2 is 1.70 bits per heavy atom. The first-order chi connectivity index (χ1) is 11.2. The van der Waals surface area contributed by atoms with Gasteiger partial charge in [-0.15, -0.1) is 0 Å². The van der Waals surface area contributed by atoms with Crippen molar-refractivity contribution < 1.29 is 4.79 Å². The van der Waals surface area contributed by atoms with Crippen LogP contribution in [-0.2, 0) is 11.2 Å².